The summed E-state index contributed by atoms with van der Waals surface area (Å²) < 4.78 is 13.6. The van der Waals surface area contributed by atoms with Gasteiger partial charge in [-0.15, -0.1) is 0 Å². The lowest BCUT2D eigenvalue weighted by Crippen LogP contribution is -2.30. The van der Waals surface area contributed by atoms with Crippen LogP contribution in [0.15, 0.2) is 79.0 Å². The van der Waals surface area contributed by atoms with E-state index in [0.717, 1.165) is 23.7 Å². The molecule has 2 aromatic heterocycles. The Kier molecular flexibility index (Phi) is 6.65. The number of benzene rings is 2. The Morgan fingerprint density at radius 3 is 2.42 bits per heavy atom. The number of nitrogens with zero attached hydrogens (tertiary/aromatic N) is 3. The standard InChI is InChI=1S/C29H30N4O2S/c1-19-16-23(20(2)32(19)18-21-10-6-5-7-11-21)28-27(24-12-8-9-15-30-24)31-29(36)33(28)25-14-13-22(34-3)17-26(25)35-4/h5-17,27-28H,18H2,1-4H3,(H,31,36)/t27-,28-/m0/s1. The zero-order valence-electron chi connectivity index (χ0n) is 20.9. The van der Waals surface area contributed by atoms with Gasteiger partial charge in [0.15, 0.2) is 5.11 Å². The van der Waals surface area contributed by atoms with E-state index >= 15 is 0 Å². The number of thiocarbonyl (C=S) groups is 1. The monoisotopic (exact) mass is 498 g/mol. The highest BCUT2D eigenvalue weighted by Crippen LogP contribution is 2.46. The van der Waals surface area contributed by atoms with Gasteiger partial charge < -0.3 is 24.3 Å². The van der Waals surface area contributed by atoms with Crippen LogP contribution >= 0.6 is 12.2 Å². The lowest BCUT2D eigenvalue weighted by atomic mass is 9.96. The molecule has 5 rings (SSSR count). The van der Waals surface area contributed by atoms with E-state index in [1.807, 2.05) is 48.7 Å². The first-order valence-corrected chi connectivity index (χ1v) is 12.4. The third-order valence-corrected chi connectivity index (χ3v) is 7.17. The van der Waals surface area contributed by atoms with Crippen LogP contribution in [0.4, 0.5) is 5.69 Å². The topological polar surface area (TPSA) is 51.5 Å². The minimum absolute atomic E-state index is 0.120. The van der Waals surface area contributed by atoms with Crippen LogP contribution in [0.5, 0.6) is 11.5 Å². The molecule has 3 heterocycles. The van der Waals surface area contributed by atoms with Crippen LogP contribution in [-0.4, -0.2) is 28.9 Å². The molecule has 0 saturated carbocycles. The van der Waals surface area contributed by atoms with Crippen molar-refractivity contribution in [3.63, 3.8) is 0 Å². The third kappa shape index (κ3) is 4.31. The second-order valence-corrected chi connectivity index (χ2v) is 9.32. The summed E-state index contributed by atoms with van der Waals surface area (Å²) in [5, 5.41) is 4.18. The van der Waals surface area contributed by atoms with Gasteiger partial charge in [0.25, 0.3) is 0 Å². The molecule has 0 spiro atoms. The van der Waals surface area contributed by atoms with E-state index in [-0.39, 0.29) is 12.1 Å². The van der Waals surface area contributed by atoms with Gasteiger partial charge in [0.1, 0.15) is 11.5 Å². The molecule has 1 fully saturated rings. The van der Waals surface area contributed by atoms with E-state index in [1.54, 1.807) is 14.2 Å². The predicted octanol–water partition coefficient (Wildman–Crippen LogP) is 5.74. The first-order valence-electron chi connectivity index (χ1n) is 11.9. The molecule has 1 aliphatic rings. The van der Waals surface area contributed by atoms with Crippen molar-refractivity contribution in [3.8, 4) is 11.5 Å². The van der Waals surface area contributed by atoms with Crippen molar-refractivity contribution < 1.29 is 9.47 Å². The van der Waals surface area contributed by atoms with Crippen LogP contribution in [0.1, 0.15) is 40.3 Å². The van der Waals surface area contributed by atoms with Crippen molar-refractivity contribution in [2.75, 3.05) is 19.1 Å². The van der Waals surface area contributed by atoms with Crippen molar-refractivity contribution in [2.45, 2.75) is 32.5 Å². The SMILES string of the molecule is COc1ccc(N2C(=S)N[C@@H](c3ccccn3)[C@@H]2c2cc(C)n(Cc3ccccc3)c2C)c(OC)c1. The van der Waals surface area contributed by atoms with E-state index in [2.05, 4.69) is 63.9 Å². The van der Waals surface area contributed by atoms with Crippen molar-refractivity contribution in [3.05, 3.63) is 107 Å². The van der Waals surface area contributed by atoms with Crippen LogP contribution < -0.4 is 19.7 Å². The van der Waals surface area contributed by atoms with E-state index in [9.17, 15) is 0 Å². The van der Waals surface area contributed by atoms with Crippen LogP contribution in [0.2, 0.25) is 0 Å². The summed E-state index contributed by atoms with van der Waals surface area (Å²) in [5.41, 5.74) is 6.68. The minimum Gasteiger partial charge on any atom is -0.497 e. The molecule has 0 radical (unpaired) electrons. The second kappa shape index (κ2) is 10.0. The molecule has 2 aromatic carbocycles. The fraction of sp³-hybridized carbons (Fsp3) is 0.241. The van der Waals surface area contributed by atoms with Crippen LogP contribution in [0, 0.1) is 13.8 Å². The first kappa shape index (κ1) is 23.9. The van der Waals surface area contributed by atoms with Gasteiger partial charge in [-0.05, 0) is 67.5 Å². The number of aromatic nitrogens is 2. The van der Waals surface area contributed by atoms with Gasteiger partial charge in [-0.3, -0.25) is 4.98 Å². The van der Waals surface area contributed by atoms with Crippen LogP contribution in [-0.2, 0) is 6.54 Å². The highest BCUT2D eigenvalue weighted by molar-refractivity contribution is 7.80. The van der Waals surface area contributed by atoms with E-state index in [1.165, 1.54) is 22.5 Å². The summed E-state index contributed by atoms with van der Waals surface area (Å²) in [6, 6.07) is 24.4. The molecule has 0 bridgehead atoms. The Labute approximate surface area is 217 Å². The molecule has 0 unspecified atom stereocenters. The summed E-state index contributed by atoms with van der Waals surface area (Å²) >= 11 is 5.93. The largest absolute Gasteiger partial charge is 0.497 e. The number of nitrogens with one attached hydrogen (secondary N) is 1. The van der Waals surface area contributed by atoms with Gasteiger partial charge >= 0.3 is 0 Å². The number of ether oxygens (including phenoxy) is 2. The van der Waals surface area contributed by atoms with E-state index < -0.39 is 0 Å². The average molecular weight is 499 g/mol. The zero-order chi connectivity index (χ0) is 25.2. The Hall–Kier alpha value is -3.84. The molecule has 36 heavy (non-hydrogen) atoms. The van der Waals surface area contributed by atoms with Gasteiger partial charge in [-0.1, -0.05) is 36.4 Å². The van der Waals surface area contributed by atoms with Crippen LogP contribution in [0.3, 0.4) is 0 Å². The highest BCUT2D eigenvalue weighted by Gasteiger charge is 2.43. The molecule has 1 saturated heterocycles. The number of hydrogen-bond donors (Lipinski definition) is 1. The highest BCUT2D eigenvalue weighted by atomic mass is 32.1. The summed E-state index contributed by atoms with van der Waals surface area (Å²) in [6.45, 7) is 5.16. The van der Waals surface area contributed by atoms with Crippen molar-refractivity contribution in [2.24, 2.45) is 0 Å². The van der Waals surface area contributed by atoms with Crippen LogP contribution in [0.25, 0.3) is 0 Å². The number of anilines is 1. The number of methoxy groups -OCH3 is 2. The van der Waals surface area contributed by atoms with Gasteiger partial charge in [-0.2, -0.15) is 0 Å². The summed E-state index contributed by atoms with van der Waals surface area (Å²) in [4.78, 5) is 6.84. The van der Waals surface area contributed by atoms with Gasteiger partial charge in [0.2, 0.25) is 0 Å². The average Bonchev–Trinajstić information content (AvgIpc) is 3.40. The molecule has 0 amide bonds. The quantitative estimate of drug-likeness (QED) is 0.328. The van der Waals surface area contributed by atoms with E-state index in [0.29, 0.717) is 10.9 Å². The molecule has 0 aliphatic carbocycles. The predicted molar refractivity (Wildman–Crippen MR) is 147 cm³/mol. The molecule has 1 aliphatic heterocycles. The minimum atomic E-state index is -0.129. The summed E-state index contributed by atoms with van der Waals surface area (Å²) in [7, 11) is 3.32. The summed E-state index contributed by atoms with van der Waals surface area (Å²) in [6.07, 6.45) is 1.83. The summed E-state index contributed by atoms with van der Waals surface area (Å²) in [5.74, 6) is 1.43. The Morgan fingerprint density at radius 1 is 0.944 bits per heavy atom. The van der Waals surface area contributed by atoms with Gasteiger partial charge in [0.05, 0.1) is 37.7 Å². The molecule has 1 N–H and O–H groups in total. The first-order chi connectivity index (χ1) is 17.5. The maximum absolute atomic E-state index is 5.93. The van der Waals surface area contributed by atoms with Crippen molar-refractivity contribution in [1.82, 2.24) is 14.9 Å². The second-order valence-electron chi connectivity index (χ2n) is 8.93. The van der Waals surface area contributed by atoms with Gasteiger partial charge in [-0.25, -0.2) is 0 Å². The fourth-order valence-corrected chi connectivity index (χ4v) is 5.39. The maximum atomic E-state index is 5.93. The van der Waals surface area contributed by atoms with Crippen molar-refractivity contribution in [1.29, 1.82) is 0 Å². The van der Waals surface area contributed by atoms with Crippen molar-refractivity contribution >= 4 is 23.0 Å². The lowest BCUT2D eigenvalue weighted by Gasteiger charge is -2.29. The number of aryl methyl sites for hydroxylation is 1. The molecular weight excluding hydrogens is 468 g/mol. The molecular formula is C29H30N4O2S. The Morgan fingerprint density at radius 2 is 1.72 bits per heavy atom. The van der Waals surface area contributed by atoms with Gasteiger partial charge in [0, 0.05) is 30.2 Å². The number of rotatable bonds is 7. The maximum Gasteiger partial charge on any atom is 0.174 e. The molecule has 184 valence electrons. The fourth-order valence-electron chi connectivity index (χ4n) is 5.05. The smallest absolute Gasteiger partial charge is 0.174 e. The zero-order valence-corrected chi connectivity index (χ0v) is 21.8. The molecule has 7 heteroatoms. The molecule has 4 aromatic rings. The molecule has 6 nitrogen and oxygen atoms in total. The third-order valence-electron chi connectivity index (χ3n) is 6.86. The number of pyridine rings is 1. The van der Waals surface area contributed by atoms with E-state index in [4.69, 9.17) is 21.7 Å². The Bertz CT molecular complexity index is 1370. The molecule has 2 atom stereocenters. The Balaban J connectivity index is 1.65. The number of hydrogen-bond acceptors (Lipinski definition) is 4. The lowest BCUT2D eigenvalue weighted by molar-refractivity contribution is 0.394. The normalized spacial score (nSPS) is 17.2.